The Balaban J connectivity index is 1.50. The van der Waals surface area contributed by atoms with E-state index in [1.165, 1.54) is 5.56 Å². The molecule has 0 aliphatic heterocycles. The fraction of sp³-hybridized carbons (Fsp3) is 0.562. The Kier molecular flexibility index (Phi) is 5.40. The lowest BCUT2D eigenvalue weighted by molar-refractivity contribution is -0.121. The van der Waals surface area contributed by atoms with E-state index in [0.29, 0.717) is 11.7 Å². The molecule has 0 amide bonds. The molecule has 2 rings (SSSR count). The van der Waals surface area contributed by atoms with E-state index in [4.69, 9.17) is 4.74 Å². The molecule has 1 saturated carbocycles. The van der Waals surface area contributed by atoms with Crippen molar-refractivity contribution in [2.24, 2.45) is 5.92 Å². The van der Waals surface area contributed by atoms with Gasteiger partial charge >= 0.3 is 0 Å². The number of rotatable bonds is 7. The number of Topliss-reactive ketones (excluding diaryl/α,β-unsaturated/α-hetero) is 1. The van der Waals surface area contributed by atoms with Gasteiger partial charge in [0.1, 0.15) is 5.78 Å². The van der Waals surface area contributed by atoms with Gasteiger partial charge in [-0.3, -0.25) is 4.79 Å². The summed E-state index contributed by atoms with van der Waals surface area (Å²) in [7, 11) is 0. The van der Waals surface area contributed by atoms with Gasteiger partial charge in [0.05, 0.1) is 0 Å². The zero-order valence-electron chi connectivity index (χ0n) is 10.9. The van der Waals surface area contributed by atoms with Crippen LogP contribution < -0.4 is 0 Å². The van der Waals surface area contributed by atoms with Gasteiger partial charge in [-0.1, -0.05) is 30.3 Å². The van der Waals surface area contributed by atoms with E-state index >= 15 is 0 Å². The Morgan fingerprint density at radius 2 is 2.00 bits per heavy atom. The second-order valence-electron chi connectivity index (χ2n) is 5.05. The molecule has 0 spiro atoms. The molecule has 0 N–H and O–H groups in total. The van der Waals surface area contributed by atoms with E-state index in [0.717, 1.165) is 51.7 Å². The first-order valence-corrected chi connectivity index (χ1v) is 7.00. The van der Waals surface area contributed by atoms with Crippen molar-refractivity contribution in [3.63, 3.8) is 0 Å². The maximum atomic E-state index is 11.4. The third-order valence-electron chi connectivity index (χ3n) is 3.64. The van der Waals surface area contributed by atoms with Crippen molar-refractivity contribution >= 4 is 5.78 Å². The summed E-state index contributed by atoms with van der Waals surface area (Å²) in [6, 6.07) is 10.5. The van der Waals surface area contributed by atoms with Gasteiger partial charge < -0.3 is 4.74 Å². The fourth-order valence-electron chi connectivity index (χ4n) is 2.54. The number of benzene rings is 1. The summed E-state index contributed by atoms with van der Waals surface area (Å²) in [4.78, 5) is 11.4. The van der Waals surface area contributed by atoms with Crippen molar-refractivity contribution in [2.45, 2.75) is 38.5 Å². The molecular formula is C16H22O2. The highest BCUT2D eigenvalue weighted by Gasteiger charge is 2.23. The van der Waals surface area contributed by atoms with Gasteiger partial charge in [0.2, 0.25) is 0 Å². The molecule has 0 aromatic heterocycles. The molecular weight excluding hydrogens is 224 g/mol. The van der Waals surface area contributed by atoms with E-state index in [2.05, 4.69) is 24.3 Å². The minimum absolute atomic E-state index is 0.291. The number of hydrogen-bond donors (Lipinski definition) is 0. The average Bonchev–Trinajstić information content (AvgIpc) is 2.81. The molecule has 2 nitrogen and oxygen atoms in total. The summed E-state index contributed by atoms with van der Waals surface area (Å²) in [6.45, 7) is 1.54. The Labute approximate surface area is 109 Å². The molecule has 0 bridgehead atoms. The minimum Gasteiger partial charge on any atom is -0.381 e. The Morgan fingerprint density at radius 1 is 1.17 bits per heavy atom. The molecule has 1 fully saturated rings. The highest BCUT2D eigenvalue weighted by Crippen LogP contribution is 2.24. The Bertz CT molecular complexity index is 359. The van der Waals surface area contributed by atoms with Gasteiger partial charge in [-0.2, -0.15) is 0 Å². The zero-order chi connectivity index (χ0) is 12.6. The third-order valence-corrected chi connectivity index (χ3v) is 3.64. The standard InChI is InChI=1S/C16H22O2/c17-16-10-4-9-15(16)11-13-18-12-5-8-14-6-2-1-3-7-14/h1-3,6-7,15H,4-5,8-13H2. The van der Waals surface area contributed by atoms with Crippen molar-refractivity contribution < 1.29 is 9.53 Å². The summed E-state index contributed by atoms with van der Waals surface area (Å²) >= 11 is 0. The van der Waals surface area contributed by atoms with Crippen LogP contribution in [0.25, 0.3) is 0 Å². The Morgan fingerprint density at radius 3 is 2.72 bits per heavy atom. The fourth-order valence-corrected chi connectivity index (χ4v) is 2.54. The lowest BCUT2D eigenvalue weighted by atomic mass is 10.0. The number of carbonyl (C=O) groups excluding carboxylic acids is 1. The van der Waals surface area contributed by atoms with Crippen LogP contribution in [0.2, 0.25) is 0 Å². The van der Waals surface area contributed by atoms with Gasteiger partial charge in [0.15, 0.2) is 0 Å². The van der Waals surface area contributed by atoms with Gasteiger partial charge in [-0.05, 0) is 37.7 Å². The molecule has 0 radical (unpaired) electrons. The largest absolute Gasteiger partial charge is 0.381 e. The smallest absolute Gasteiger partial charge is 0.136 e. The van der Waals surface area contributed by atoms with Gasteiger partial charge in [-0.25, -0.2) is 0 Å². The normalized spacial score (nSPS) is 19.3. The van der Waals surface area contributed by atoms with Crippen LogP contribution in [0.1, 0.15) is 37.7 Å². The van der Waals surface area contributed by atoms with Crippen molar-refractivity contribution in [1.82, 2.24) is 0 Å². The molecule has 98 valence electrons. The highest BCUT2D eigenvalue weighted by molar-refractivity contribution is 5.82. The van der Waals surface area contributed by atoms with Crippen LogP contribution in [0, 0.1) is 5.92 Å². The van der Waals surface area contributed by atoms with Gasteiger partial charge in [0.25, 0.3) is 0 Å². The summed E-state index contributed by atoms with van der Waals surface area (Å²) in [5.41, 5.74) is 1.37. The van der Waals surface area contributed by atoms with Crippen molar-refractivity contribution in [3.05, 3.63) is 35.9 Å². The average molecular weight is 246 g/mol. The van der Waals surface area contributed by atoms with E-state index < -0.39 is 0 Å². The first-order valence-electron chi connectivity index (χ1n) is 7.00. The van der Waals surface area contributed by atoms with Crippen LogP contribution in [0.5, 0.6) is 0 Å². The maximum Gasteiger partial charge on any atom is 0.136 e. The number of ketones is 1. The number of aryl methyl sites for hydroxylation is 1. The summed E-state index contributed by atoms with van der Waals surface area (Å²) < 4.78 is 5.61. The summed E-state index contributed by atoms with van der Waals surface area (Å²) in [6.07, 6.45) is 6.00. The van der Waals surface area contributed by atoms with Crippen molar-refractivity contribution in [2.75, 3.05) is 13.2 Å². The highest BCUT2D eigenvalue weighted by atomic mass is 16.5. The van der Waals surface area contributed by atoms with E-state index in [1.54, 1.807) is 0 Å². The molecule has 0 saturated heterocycles. The molecule has 18 heavy (non-hydrogen) atoms. The molecule has 1 atom stereocenters. The topological polar surface area (TPSA) is 26.3 Å². The minimum atomic E-state index is 0.291. The third kappa shape index (κ3) is 4.26. The van der Waals surface area contributed by atoms with E-state index in [9.17, 15) is 4.79 Å². The zero-order valence-corrected chi connectivity index (χ0v) is 10.9. The SMILES string of the molecule is O=C1CCCC1CCOCCCc1ccccc1. The predicted molar refractivity (Wildman–Crippen MR) is 72.5 cm³/mol. The number of carbonyl (C=O) groups is 1. The van der Waals surface area contributed by atoms with E-state index in [1.807, 2.05) is 6.07 Å². The molecule has 1 aromatic rings. The monoisotopic (exact) mass is 246 g/mol. The predicted octanol–water partition coefficient (Wildman–Crippen LogP) is 3.40. The summed E-state index contributed by atoms with van der Waals surface area (Å²) in [5, 5.41) is 0. The number of ether oxygens (including phenoxy) is 1. The molecule has 1 aromatic carbocycles. The van der Waals surface area contributed by atoms with Gasteiger partial charge in [-0.15, -0.1) is 0 Å². The lowest BCUT2D eigenvalue weighted by Crippen LogP contribution is -2.10. The first-order chi connectivity index (χ1) is 8.86. The second-order valence-corrected chi connectivity index (χ2v) is 5.05. The summed E-state index contributed by atoms with van der Waals surface area (Å²) in [5.74, 6) is 0.738. The van der Waals surface area contributed by atoms with Gasteiger partial charge in [0, 0.05) is 25.6 Å². The van der Waals surface area contributed by atoms with Crippen LogP contribution in [-0.2, 0) is 16.0 Å². The second kappa shape index (κ2) is 7.32. The van der Waals surface area contributed by atoms with E-state index in [-0.39, 0.29) is 0 Å². The quantitative estimate of drug-likeness (QED) is 0.689. The first kappa shape index (κ1) is 13.3. The van der Waals surface area contributed by atoms with Crippen LogP contribution in [0.4, 0.5) is 0 Å². The van der Waals surface area contributed by atoms with Crippen LogP contribution in [0.3, 0.4) is 0 Å². The van der Waals surface area contributed by atoms with Crippen LogP contribution in [0.15, 0.2) is 30.3 Å². The van der Waals surface area contributed by atoms with Crippen molar-refractivity contribution in [3.8, 4) is 0 Å². The van der Waals surface area contributed by atoms with Crippen molar-refractivity contribution in [1.29, 1.82) is 0 Å². The molecule has 1 aliphatic carbocycles. The number of hydrogen-bond acceptors (Lipinski definition) is 2. The van der Waals surface area contributed by atoms with Crippen LogP contribution in [-0.4, -0.2) is 19.0 Å². The maximum absolute atomic E-state index is 11.4. The Hall–Kier alpha value is -1.15. The molecule has 1 unspecified atom stereocenters. The molecule has 2 heteroatoms. The molecule has 0 heterocycles. The lowest BCUT2D eigenvalue weighted by Gasteiger charge is -2.08. The molecule has 1 aliphatic rings. The van der Waals surface area contributed by atoms with Crippen LogP contribution >= 0.6 is 0 Å².